The molecule has 1 atom stereocenters. The topological polar surface area (TPSA) is 84.5 Å². The molecule has 1 unspecified atom stereocenters. The van der Waals surface area contributed by atoms with E-state index in [2.05, 4.69) is 10.6 Å². The Morgan fingerprint density at radius 3 is 2.59 bits per heavy atom. The molecule has 2 aliphatic heterocycles. The maximum Gasteiger partial charge on any atom is 0.250 e. The summed E-state index contributed by atoms with van der Waals surface area (Å²) in [5.41, 5.74) is 0. The first-order chi connectivity index (χ1) is 8.07. The van der Waals surface area contributed by atoms with E-state index in [1.165, 1.54) is 0 Å². The second-order valence-corrected chi connectivity index (χ2v) is 6.80. The van der Waals surface area contributed by atoms with Crippen molar-refractivity contribution in [1.82, 2.24) is 10.6 Å². The van der Waals surface area contributed by atoms with E-state index in [9.17, 15) is 13.2 Å². The Morgan fingerprint density at radius 2 is 2.00 bits per heavy atom. The fourth-order valence-electron chi connectivity index (χ4n) is 2.06. The van der Waals surface area contributed by atoms with Crippen molar-refractivity contribution in [3.05, 3.63) is 0 Å². The molecule has 6 nitrogen and oxygen atoms in total. The summed E-state index contributed by atoms with van der Waals surface area (Å²) in [6.45, 7) is 1.83. The number of hydrogen-bond donors (Lipinski definition) is 2. The van der Waals surface area contributed by atoms with Gasteiger partial charge < -0.3 is 15.4 Å². The van der Waals surface area contributed by atoms with Crippen molar-refractivity contribution < 1.29 is 17.9 Å². The maximum atomic E-state index is 11.8. The first kappa shape index (κ1) is 12.8. The number of morpholine rings is 1. The van der Waals surface area contributed by atoms with Gasteiger partial charge in [-0.1, -0.05) is 0 Å². The standard InChI is InChI=1S/C10H18N2O4S/c13-10(9-7-11-3-4-16-9)12-8-1-5-17(14,15)6-2-8/h8-9,11H,1-7H2,(H,12,13). The smallest absolute Gasteiger partial charge is 0.250 e. The summed E-state index contributed by atoms with van der Waals surface area (Å²) in [7, 11) is -2.87. The van der Waals surface area contributed by atoms with Gasteiger partial charge in [-0.05, 0) is 12.8 Å². The number of carbonyl (C=O) groups is 1. The first-order valence-electron chi connectivity index (χ1n) is 5.90. The van der Waals surface area contributed by atoms with Crippen LogP contribution in [0.3, 0.4) is 0 Å². The van der Waals surface area contributed by atoms with Gasteiger partial charge >= 0.3 is 0 Å². The summed E-state index contributed by atoms with van der Waals surface area (Å²) in [6.07, 6.45) is 0.574. The molecule has 0 aromatic rings. The van der Waals surface area contributed by atoms with E-state index in [0.29, 0.717) is 26.0 Å². The van der Waals surface area contributed by atoms with E-state index in [1.54, 1.807) is 0 Å². The second kappa shape index (κ2) is 5.32. The fraction of sp³-hybridized carbons (Fsp3) is 0.900. The molecule has 0 saturated carbocycles. The molecule has 0 aliphatic carbocycles. The lowest BCUT2D eigenvalue weighted by molar-refractivity contribution is -0.135. The minimum absolute atomic E-state index is 0.0310. The number of sulfone groups is 1. The third-order valence-electron chi connectivity index (χ3n) is 3.12. The van der Waals surface area contributed by atoms with E-state index in [0.717, 1.165) is 6.54 Å². The van der Waals surface area contributed by atoms with Crippen molar-refractivity contribution >= 4 is 15.7 Å². The number of rotatable bonds is 2. The van der Waals surface area contributed by atoms with Crippen LogP contribution in [-0.2, 0) is 19.4 Å². The molecule has 7 heteroatoms. The zero-order valence-electron chi connectivity index (χ0n) is 9.65. The van der Waals surface area contributed by atoms with Gasteiger partial charge in [0.05, 0.1) is 18.1 Å². The third-order valence-corrected chi connectivity index (χ3v) is 4.84. The van der Waals surface area contributed by atoms with Crippen LogP contribution < -0.4 is 10.6 Å². The lowest BCUT2D eigenvalue weighted by Crippen LogP contribution is -2.51. The Morgan fingerprint density at radius 1 is 1.29 bits per heavy atom. The van der Waals surface area contributed by atoms with Gasteiger partial charge in [0.1, 0.15) is 15.9 Å². The minimum Gasteiger partial charge on any atom is -0.366 e. The van der Waals surface area contributed by atoms with Gasteiger partial charge in [0.2, 0.25) is 0 Å². The molecule has 2 N–H and O–H groups in total. The van der Waals surface area contributed by atoms with Crippen LogP contribution >= 0.6 is 0 Å². The van der Waals surface area contributed by atoms with Crippen LogP contribution in [-0.4, -0.2) is 57.7 Å². The van der Waals surface area contributed by atoms with E-state index >= 15 is 0 Å². The Bertz CT molecular complexity index is 362. The Kier molecular flexibility index (Phi) is 4.01. The van der Waals surface area contributed by atoms with Gasteiger partial charge in [-0.15, -0.1) is 0 Å². The number of nitrogens with one attached hydrogen (secondary N) is 2. The second-order valence-electron chi connectivity index (χ2n) is 4.50. The van der Waals surface area contributed by atoms with Crippen molar-refractivity contribution in [3.8, 4) is 0 Å². The van der Waals surface area contributed by atoms with Gasteiger partial charge in [-0.2, -0.15) is 0 Å². The van der Waals surface area contributed by atoms with Crippen LogP contribution in [0.1, 0.15) is 12.8 Å². The summed E-state index contributed by atoms with van der Waals surface area (Å²) in [6, 6.07) is -0.0310. The number of amides is 1. The van der Waals surface area contributed by atoms with E-state index in [-0.39, 0.29) is 23.5 Å². The quantitative estimate of drug-likeness (QED) is 0.644. The van der Waals surface area contributed by atoms with Crippen LogP contribution in [0.5, 0.6) is 0 Å². The fourth-order valence-corrected chi connectivity index (χ4v) is 3.55. The summed E-state index contributed by atoms with van der Waals surface area (Å²) in [5, 5.41) is 5.94. The molecule has 2 aliphatic rings. The molecule has 0 radical (unpaired) electrons. The average molecular weight is 262 g/mol. The molecule has 0 bridgehead atoms. The highest BCUT2D eigenvalue weighted by Crippen LogP contribution is 2.12. The lowest BCUT2D eigenvalue weighted by atomic mass is 10.1. The summed E-state index contributed by atoms with van der Waals surface area (Å²) in [5.74, 6) is 0.199. The highest BCUT2D eigenvalue weighted by atomic mass is 32.2. The highest BCUT2D eigenvalue weighted by Gasteiger charge is 2.28. The van der Waals surface area contributed by atoms with Crippen molar-refractivity contribution in [3.63, 3.8) is 0 Å². The lowest BCUT2D eigenvalue weighted by Gasteiger charge is -2.27. The molecule has 98 valence electrons. The van der Waals surface area contributed by atoms with Gasteiger partial charge in [0.25, 0.3) is 5.91 Å². The Hall–Kier alpha value is -0.660. The Balaban J connectivity index is 1.79. The molecular weight excluding hydrogens is 244 g/mol. The summed E-state index contributed by atoms with van der Waals surface area (Å²) < 4.78 is 27.8. The molecule has 2 saturated heterocycles. The third kappa shape index (κ3) is 3.65. The average Bonchev–Trinajstić information content (AvgIpc) is 2.33. The summed E-state index contributed by atoms with van der Waals surface area (Å²) in [4.78, 5) is 11.8. The maximum absolute atomic E-state index is 11.8. The normalized spacial score (nSPS) is 29.8. The van der Waals surface area contributed by atoms with Crippen molar-refractivity contribution in [2.24, 2.45) is 0 Å². The molecule has 17 heavy (non-hydrogen) atoms. The molecule has 1 amide bonds. The molecular formula is C10H18N2O4S. The largest absolute Gasteiger partial charge is 0.366 e. The van der Waals surface area contributed by atoms with Crippen LogP contribution in [0.4, 0.5) is 0 Å². The number of ether oxygens (including phenoxy) is 1. The molecule has 2 rings (SSSR count). The molecule has 2 fully saturated rings. The van der Waals surface area contributed by atoms with Crippen LogP contribution in [0.2, 0.25) is 0 Å². The molecule has 0 aromatic carbocycles. The molecule has 0 spiro atoms. The van der Waals surface area contributed by atoms with Crippen LogP contribution in [0, 0.1) is 0 Å². The predicted molar refractivity (Wildman–Crippen MR) is 62.4 cm³/mol. The van der Waals surface area contributed by atoms with E-state index in [1.807, 2.05) is 0 Å². The number of carbonyl (C=O) groups excluding carboxylic acids is 1. The molecule has 0 aromatic heterocycles. The van der Waals surface area contributed by atoms with Gasteiger partial charge in [-0.25, -0.2) is 8.42 Å². The van der Waals surface area contributed by atoms with Crippen molar-refractivity contribution in [1.29, 1.82) is 0 Å². The monoisotopic (exact) mass is 262 g/mol. The zero-order chi connectivity index (χ0) is 12.3. The van der Waals surface area contributed by atoms with Gasteiger partial charge in [0, 0.05) is 19.1 Å². The van der Waals surface area contributed by atoms with Crippen molar-refractivity contribution in [2.75, 3.05) is 31.2 Å². The zero-order valence-corrected chi connectivity index (χ0v) is 10.5. The summed E-state index contributed by atoms with van der Waals surface area (Å²) >= 11 is 0. The SMILES string of the molecule is O=C(NC1CCS(=O)(=O)CC1)C1CNCCO1. The van der Waals surface area contributed by atoms with Crippen molar-refractivity contribution in [2.45, 2.75) is 25.0 Å². The van der Waals surface area contributed by atoms with Crippen LogP contribution in [0.25, 0.3) is 0 Å². The predicted octanol–water partition coefficient (Wildman–Crippen LogP) is -1.33. The van der Waals surface area contributed by atoms with Gasteiger partial charge in [0.15, 0.2) is 0 Å². The molecule has 2 heterocycles. The number of hydrogen-bond acceptors (Lipinski definition) is 5. The highest BCUT2D eigenvalue weighted by molar-refractivity contribution is 7.91. The van der Waals surface area contributed by atoms with Crippen LogP contribution in [0.15, 0.2) is 0 Å². The van der Waals surface area contributed by atoms with E-state index < -0.39 is 15.9 Å². The Labute approximate surface area is 101 Å². The van der Waals surface area contributed by atoms with Gasteiger partial charge in [-0.3, -0.25) is 4.79 Å². The first-order valence-corrected chi connectivity index (χ1v) is 7.72. The van der Waals surface area contributed by atoms with E-state index in [4.69, 9.17) is 4.74 Å². The minimum atomic E-state index is -2.87.